The van der Waals surface area contributed by atoms with Crippen molar-refractivity contribution in [3.8, 4) is 5.75 Å². The minimum atomic E-state index is -0.735. The monoisotopic (exact) mass is 676 g/mol. The summed E-state index contributed by atoms with van der Waals surface area (Å²) in [5, 5.41) is 28.8. The van der Waals surface area contributed by atoms with E-state index < -0.39 is 18.2 Å². The first-order valence-electron chi connectivity index (χ1n) is 17.9. The molecule has 0 aromatic heterocycles. The van der Waals surface area contributed by atoms with E-state index in [0.717, 1.165) is 33.6 Å². The fourth-order valence-corrected chi connectivity index (χ4v) is 6.96. The van der Waals surface area contributed by atoms with E-state index in [1.165, 1.54) is 0 Å². The summed E-state index contributed by atoms with van der Waals surface area (Å²) in [5.41, 5.74) is 4.89. The van der Waals surface area contributed by atoms with Crippen molar-refractivity contribution in [2.45, 2.75) is 96.1 Å². The Labute approximate surface area is 297 Å². The number of fused-ring (bicyclic) bond motifs is 1. The largest absolute Gasteiger partial charge is 0.489 e. The van der Waals surface area contributed by atoms with Gasteiger partial charge in [-0.3, -0.25) is 9.59 Å². The van der Waals surface area contributed by atoms with E-state index in [4.69, 9.17) is 4.74 Å². The molecule has 0 heterocycles. The summed E-state index contributed by atoms with van der Waals surface area (Å²) >= 11 is 0. The Kier molecular flexibility index (Phi) is 12.9. The molecular weight excluding hydrogens is 624 g/mol. The Balaban J connectivity index is 1.30. The predicted octanol–water partition coefficient (Wildman–Crippen LogP) is 6.89. The Morgan fingerprint density at radius 3 is 2.10 bits per heavy atom. The van der Waals surface area contributed by atoms with Crippen LogP contribution in [0, 0.1) is 11.8 Å². The Hall–Kier alpha value is -4.46. The van der Waals surface area contributed by atoms with E-state index in [9.17, 15) is 19.8 Å². The molecule has 50 heavy (non-hydrogen) atoms. The van der Waals surface area contributed by atoms with Crippen LogP contribution in [0.15, 0.2) is 109 Å². The molecule has 4 N–H and O–H groups in total. The Morgan fingerprint density at radius 1 is 0.800 bits per heavy atom. The second kappa shape index (κ2) is 17.5. The summed E-state index contributed by atoms with van der Waals surface area (Å²) < 4.78 is 6.00. The van der Waals surface area contributed by atoms with Crippen molar-refractivity contribution in [2.75, 3.05) is 0 Å². The molecule has 264 valence electrons. The molecule has 0 bridgehead atoms. The minimum Gasteiger partial charge on any atom is -0.489 e. The number of rotatable bonds is 16. The van der Waals surface area contributed by atoms with Crippen LogP contribution in [0.4, 0.5) is 0 Å². The molecule has 0 aliphatic heterocycles. The van der Waals surface area contributed by atoms with Crippen LogP contribution >= 0.6 is 0 Å². The molecule has 2 amide bonds. The van der Waals surface area contributed by atoms with Crippen molar-refractivity contribution < 1.29 is 24.5 Å². The van der Waals surface area contributed by atoms with Gasteiger partial charge in [-0.2, -0.15) is 0 Å². The number of amides is 2. The summed E-state index contributed by atoms with van der Waals surface area (Å²) in [6, 6.07) is 35.4. The van der Waals surface area contributed by atoms with Gasteiger partial charge in [-0.15, -0.1) is 0 Å². The molecule has 0 fully saturated rings. The first kappa shape index (κ1) is 36.8. The van der Waals surface area contributed by atoms with Crippen LogP contribution in [0.25, 0.3) is 0 Å². The molecule has 4 aromatic carbocycles. The molecular formula is C43H52N2O5. The first-order valence-corrected chi connectivity index (χ1v) is 17.9. The van der Waals surface area contributed by atoms with E-state index in [1.54, 1.807) is 0 Å². The van der Waals surface area contributed by atoms with E-state index in [0.29, 0.717) is 45.1 Å². The molecule has 0 spiro atoms. The van der Waals surface area contributed by atoms with Gasteiger partial charge in [-0.25, -0.2) is 0 Å². The topological polar surface area (TPSA) is 108 Å². The summed E-state index contributed by atoms with van der Waals surface area (Å²) in [4.78, 5) is 26.4. The van der Waals surface area contributed by atoms with Gasteiger partial charge in [-0.1, -0.05) is 97.1 Å². The van der Waals surface area contributed by atoms with Crippen LogP contribution in [0.2, 0.25) is 0 Å². The van der Waals surface area contributed by atoms with E-state index in [1.807, 2.05) is 130 Å². The molecule has 7 heteroatoms. The number of carbonyl (C=O) groups excluding carboxylic acids is 2. The molecule has 0 saturated heterocycles. The second-order valence-electron chi connectivity index (χ2n) is 14.8. The van der Waals surface area contributed by atoms with Crippen LogP contribution in [-0.2, 0) is 35.5 Å². The van der Waals surface area contributed by atoms with Gasteiger partial charge in [0.2, 0.25) is 11.8 Å². The Morgan fingerprint density at radius 2 is 1.42 bits per heavy atom. The van der Waals surface area contributed by atoms with Gasteiger partial charge in [0.1, 0.15) is 12.4 Å². The van der Waals surface area contributed by atoms with Crippen molar-refractivity contribution >= 4 is 11.8 Å². The molecule has 5 atom stereocenters. The molecule has 0 unspecified atom stereocenters. The molecule has 1 aliphatic carbocycles. The summed E-state index contributed by atoms with van der Waals surface area (Å²) in [5.74, 6) is 0.207. The van der Waals surface area contributed by atoms with Crippen LogP contribution < -0.4 is 15.4 Å². The smallest absolute Gasteiger partial charge is 0.220 e. The molecule has 0 radical (unpaired) electrons. The summed E-state index contributed by atoms with van der Waals surface area (Å²) in [6.45, 7) is 6.35. The van der Waals surface area contributed by atoms with Crippen molar-refractivity contribution in [3.63, 3.8) is 0 Å². The zero-order valence-corrected chi connectivity index (χ0v) is 29.6. The number of ether oxygens (including phenoxy) is 1. The van der Waals surface area contributed by atoms with E-state index in [2.05, 4.69) is 10.6 Å². The average Bonchev–Trinajstić information content (AvgIpc) is 3.40. The van der Waals surface area contributed by atoms with Gasteiger partial charge in [0.25, 0.3) is 0 Å². The highest BCUT2D eigenvalue weighted by Gasteiger charge is 2.33. The van der Waals surface area contributed by atoms with Gasteiger partial charge < -0.3 is 25.6 Å². The van der Waals surface area contributed by atoms with Gasteiger partial charge in [0, 0.05) is 24.8 Å². The number of carbonyl (C=O) groups is 2. The van der Waals surface area contributed by atoms with Crippen LogP contribution in [0.5, 0.6) is 5.75 Å². The van der Waals surface area contributed by atoms with Crippen LogP contribution in [0.1, 0.15) is 80.3 Å². The van der Waals surface area contributed by atoms with Crippen molar-refractivity contribution in [1.29, 1.82) is 0 Å². The summed E-state index contributed by atoms with van der Waals surface area (Å²) in [6.07, 6.45) is 1.71. The Bertz CT molecular complexity index is 1650. The first-order chi connectivity index (χ1) is 24.0. The number of aliphatic hydroxyl groups is 2. The lowest BCUT2D eigenvalue weighted by molar-refractivity contribution is -0.124. The standard InChI is InChI=1S/C43H52N2O5/c1-43(2,3)45-40(48)23-20-35(25-30-12-6-4-7-13-30)38(46)26-33(27-41(49)44-42-37-17-11-10-16-34(37)28-39(42)47)24-31-18-21-36(22-19-31)50-29-32-14-8-5-9-15-32/h4-19,21-22,33,35,38-39,42,46-47H,20,23-29H2,1-3H3,(H,44,49)(H,45,48)/t33-,35-,38+,39-,42+/m1/s1. The lowest BCUT2D eigenvalue weighted by Gasteiger charge is -2.28. The van der Waals surface area contributed by atoms with Gasteiger partial charge in [-0.05, 0) is 98.2 Å². The van der Waals surface area contributed by atoms with E-state index >= 15 is 0 Å². The maximum Gasteiger partial charge on any atom is 0.220 e. The summed E-state index contributed by atoms with van der Waals surface area (Å²) in [7, 11) is 0. The third-order valence-electron chi connectivity index (χ3n) is 9.41. The van der Waals surface area contributed by atoms with Crippen molar-refractivity contribution in [1.82, 2.24) is 10.6 Å². The maximum atomic E-state index is 13.6. The number of aliphatic hydroxyl groups excluding tert-OH is 2. The number of hydrogen-bond acceptors (Lipinski definition) is 5. The maximum absolute atomic E-state index is 13.6. The minimum absolute atomic E-state index is 0.0383. The lowest BCUT2D eigenvalue weighted by Crippen LogP contribution is -2.41. The highest BCUT2D eigenvalue weighted by Crippen LogP contribution is 2.32. The van der Waals surface area contributed by atoms with Gasteiger partial charge in [0.15, 0.2) is 0 Å². The molecule has 7 nitrogen and oxygen atoms in total. The second-order valence-corrected chi connectivity index (χ2v) is 14.8. The fraction of sp³-hybridized carbons (Fsp3) is 0.395. The van der Waals surface area contributed by atoms with Gasteiger partial charge >= 0.3 is 0 Å². The average molecular weight is 677 g/mol. The van der Waals surface area contributed by atoms with Crippen LogP contribution in [-0.4, -0.2) is 39.8 Å². The van der Waals surface area contributed by atoms with Crippen molar-refractivity contribution in [2.24, 2.45) is 11.8 Å². The zero-order valence-electron chi connectivity index (χ0n) is 29.6. The fourth-order valence-electron chi connectivity index (χ4n) is 6.96. The number of benzene rings is 4. The SMILES string of the molecule is CC(C)(C)NC(=O)CC[C@H](Cc1ccccc1)[C@@H](O)C[C@H](CC(=O)N[C@H]1c2ccccc2C[C@H]1O)Cc1ccc(OCc2ccccc2)cc1. The normalized spacial score (nSPS) is 17.3. The molecule has 4 aromatic rings. The third kappa shape index (κ3) is 11.3. The molecule has 1 aliphatic rings. The van der Waals surface area contributed by atoms with Crippen molar-refractivity contribution in [3.05, 3.63) is 137 Å². The molecule has 5 rings (SSSR count). The highest BCUT2D eigenvalue weighted by atomic mass is 16.5. The number of nitrogens with one attached hydrogen (secondary N) is 2. The zero-order chi connectivity index (χ0) is 35.5. The third-order valence-corrected chi connectivity index (χ3v) is 9.41. The van der Waals surface area contributed by atoms with Gasteiger partial charge in [0.05, 0.1) is 18.2 Å². The van der Waals surface area contributed by atoms with E-state index in [-0.39, 0.29) is 35.6 Å². The number of hydrogen-bond donors (Lipinski definition) is 4. The molecule has 0 saturated carbocycles. The predicted molar refractivity (Wildman–Crippen MR) is 197 cm³/mol. The highest BCUT2D eigenvalue weighted by molar-refractivity contribution is 5.77. The van der Waals surface area contributed by atoms with Crippen LogP contribution in [0.3, 0.4) is 0 Å². The quantitative estimate of drug-likeness (QED) is 0.103. The lowest BCUT2D eigenvalue weighted by atomic mass is 9.82.